The molecule has 0 aromatic heterocycles. The highest BCUT2D eigenvalue weighted by atomic mass is 19.4. The number of hydrogen-bond donors (Lipinski definition) is 1. The summed E-state index contributed by atoms with van der Waals surface area (Å²) < 4.78 is 79.5. The number of halogens is 6. The normalized spacial score (nSPS) is 12.3. The van der Waals surface area contributed by atoms with Crippen LogP contribution in [0.2, 0.25) is 0 Å². The van der Waals surface area contributed by atoms with Crippen LogP contribution in [0.25, 0.3) is 11.1 Å². The molecular weight excluding hydrogens is 336 g/mol. The third-order valence-corrected chi connectivity index (χ3v) is 3.23. The average Bonchev–Trinajstić information content (AvgIpc) is 2.45. The second-order valence-electron chi connectivity index (χ2n) is 4.98. The van der Waals surface area contributed by atoms with E-state index in [1.54, 1.807) is 0 Å². The van der Waals surface area contributed by atoms with Crippen LogP contribution in [0.4, 0.5) is 26.3 Å². The Balaban J connectivity index is 2.51. The first kappa shape index (κ1) is 18.1. The van der Waals surface area contributed by atoms with Crippen LogP contribution >= 0.6 is 0 Å². The van der Waals surface area contributed by atoms with Gasteiger partial charge in [-0.3, -0.25) is 0 Å². The predicted octanol–water partition coefficient (Wildman–Crippen LogP) is 4.77. The van der Waals surface area contributed by atoms with Gasteiger partial charge in [-0.1, -0.05) is 18.2 Å². The van der Waals surface area contributed by atoms with Crippen molar-refractivity contribution in [3.8, 4) is 16.9 Å². The van der Waals surface area contributed by atoms with Crippen LogP contribution in [-0.4, -0.2) is 12.9 Å². The molecule has 0 heterocycles. The highest BCUT2D eigenvalue weighted by molar-refractivity contribution is 5.70. The molecule has 2 N–H and O–H groups in total. The Kier molecular flexibility index (Phi) is 5.08. The van der Waals surface area contributed by atoms with Gasteiger partial charge in [-0.05, 0) is 53.9 Å². The topological polar surface area (TPSA) is 35.2 Å². The summed E-state index contributed by atoms with van der Waals surface area (Å²) in [4.78, 5) is 0. The van der Waals surface area contributed by atoms with Gasteiger partial charge in [0.25, 0.3) is 0 Å². The molecule has 2 nitrogen and oxygen atoms in total. The van der Waals surface area contributed by atoms with E-state index in [2.05, 4.69) is 4.74 Å². The Morgan fingerprint density at radius 2 is 1.62 bits per heavy atom. The van der Waals surface area contributed by atoms with Crippen molar-refractivity contribution in [3.63, 3.8) is 0 Å². The lowest BCUT2D eigenvalue weighted by molar-refractivity contribution is -0.274. The van der Waals surface area contributed by atoms with Crippen molar-refractivity contribution in [2.45, 2.75) is 19.0 Å². The standard InChI is InChI=1S/C16H13F6NO/c17-15(18,19)12-5-4-10(6-7-23)14(9-12)11-2-1-3-13(8-11)24-16(20,21)22/h1-5,8-9H,6-7,23H2. The number of alkyl halides is 6. The van der Waals surface area contributed by atoms with E-state index in [-0.39, 0.29) is 24.1 Å². The van der Waals surface area contributed by atoms with Gasteiger partial charge in [0, 0.05) is 0 Å². The smallest absolute Gasteiger partial charge is 0.406 e. The van der Waals surface area contributed by atoms with E-state index in [1.165, 1.54) is 18.2 Å². The van der Waals surface area contributed by atoms with E-state index in [9.17, 15) is 26.3 Å². The third kappa shape index (κ3) is 4.64. The fraction of sp³-hybridized carbons (Fsp3) is 0.250. The minimum absolute atomic E-state index is 0.169. The molecule has 0 amide bonds. The quantitative estimate of drug-likeness (QED) is 0.807. The molecule has 0 aliphatic heterocycles. The van der Waals surface area contributed by atoms with Gasteiger partial charge >= 0.3 is 12.5 Å². The lowest BCUT2D eigenvalue weighted by atomic mass is 9.95. The Morgan fingerprint density at radius 3 is 2.21 bits per heavy atom. The van der Waals surface area contributed by atoms with Crippen LogP contribution < -0.4 is 10.5 Å². The zero-order chi connectivity index (χ0) is 18.0. The number of nitrogens with two attached hydrogens (primary N) is 1. The Bertz CT molecular complexity index is 708. The molecule has 0 fully saturated rings. The molecule has 0 saturated carbocycles. The molecule has 0 aliphatic rings. The second-order valence-corrected chi connectivity index (χ2v) is 4.98. The van der Waals surface area contributed by atoms with Crippen LogP contribution in [0.3, 0.4) is 0 Å². The maximum Gasteiger partial charge on any atom is 0.573 e. The molecule has 0 radical (unpaired) electrons. The van der Waals surface area contributed by atoms with Crippen LogP contribution in [0.15, 0.2) is 42.5 Å². The van der Waals surface area contributed by atoms with E-state index >= 15 is 0 Å². The van der Waals surface area contributed by atoms with E-state index in [4.69, 9.17) is 5.73 Å². The summed E-state index contributed by atoms with van der Waals surface area (Å²) in [6.45, 7) is 0.192. The van der Waals surface area contributed by atoms with Gasteiger partial charge < -0.3 is 10.5 Å². The largest absolute Gasteiger partial charge is 0.573 e. The molecule has 0 saturated heterocycles. The van der Waals surface area contributed by atoms with Gasteiger partial charge in [0.15, 0.2) is 0 Å². The van der Waals surface area contributed by atoms with Crippen molar-refractivity contribution in [3.05, 3.63) is 53.6 Å². The first-order valence-corrected chi connectivity index (χ1v) is 6.86. The van der Waals surface area contributed by atoms with E-state index < -0.39 is 23.9 Å². The summed E-state index contributed by atoms with van der Waals surface area (Å²) in [5.41, 5.74) is 5.43. The van der Waals surface area contributed by atoms with Gasteiger partial charge in [0.2, 0.25) is 0 Å². The molecule has 2 rings (SSSR count). The Labute approximate surface area is 133 Å². The van der Waals surface area contributed by atoms with E-state index in [0.29, 0.717) is 5.56 Å². The van der Waals surface area contributed by atoms with Crippen LogP contribution in [-0.2, 0) is 12.6 Å². The molecule has 24 heavy (non-hydrogen) atoms. The molecule has 0 bridgehead atoms. The number of benzene rings is 2. The molecule has 130 valence electrons. The molecule has 2 aromatic rings. The summed E-state index contributed by atoms with van der Waals surface area (Å²) in [5, 5.41) is 0. The molecule has 0 atom stereocenters. The highest BCUT2D eigenvalue weighted by Crippen LogP contribution is 2.35. The first-order chi connectivity index (χ1) is 11.1. The maximum atomic E-state index is 12.9. The van der Waals surface area contributed by atoms with Crippen molar-refractivity contribution in [1.82, 2.24) is 0 Å². The predicted molar refractivity (Wildman–Crippen MR) is 76.3 cm³/mol. The third-order valence-electron chi connectivity index (χ3n) is 3.23. The number of ether oxygens (including phenoxy) is 1. The highest BCUT2D eigenvalue weighted by Gasteiger charge is 2.32. The summed E-state index contributed by atoms with van der Waals surface area (Å²) in [7, 11) is 0. The van der Waals surface area contributed by atoms with Crippen molar-refractivity contribution >= 4 is 0 Å². The molecule has 0 aliphatic carbocycles. The Morgan fingerprint density at radius 1 is 0.917 bits per heavy atom. The lowest BCUT2D eigenvalue weighted by Crippen LogP contribution is -2.17. The fourth-order valence-corrected chi connectivity index (χ4v) is 2.26. The SMILES string of the molecule is NCCc1ccc(C(F)(F)F)cc1-c1cccc(OC(F)(F)F)c1. The van der Waals surface area contributed by atoms with Crippen LogP contribution in [0, 0.1) is 0 Å². The zero-order valence-electron chi connectivity index (χ0n) is 12.2. The van der Waals surface area contributed by atoms with Gasteiger partial charge in [0.1, 0.15) is 5.75 Å². The van der Waals surface area contributed by atoms with Crippen LogP contribution in [0.5, 0.6) is 5.75 Å². The summed E-state index contributed by atoms with van der Waals surface area (Å²) in [6.07, 6.45) is -9.15. The molecular formula is C16H13F6NO. The summed E-state index contributed by atoms with van der Waals surface area (Å²) in [5.74, 6) is -0.504. The Hall–Kier alpha value is -2.22. The molecule has 2 aromatic carbocycles. The molecule has 8 heteroatoms. The number of rotatable bonds is 4. The van der Waals surface area contributed by atoms with Gasteiger partial charge in [0.05, 0.1) is 5.56 Å². The lowest BCUT2D eigenvalue weighted by Gasteiger charge is -2.15. The van der Waals surface area contributed by atoms with E-state index in [0.717, 1.165) is 24.3 Å². The average molecular weight is 349 g/mol. The molecule has 0 spiro atoms. The van der Waals surface area contributed by atoms with Gasteiger partial charge in [-0.2, -0.15) is 13.2 Å². The van der Waals surface area contributed by atoms with Crippen LogP contribution in [0.1, 0.15) is 11.1 Å². The first-order valence-electron chi connectivity index (χ1n) is 6.86. The van der Waals surface area contributed by atoms with E-state index in [1.807, 2.05) is 0 Å². The molecule has 0 unspecified atom stereocenters. The van der Waals surface area contributed by atoms with Gasteiger partial charge in [-0.15, -0.1) is 13.2 Å². The van der Waals surface area contributed by atoms with Gasteiger partial charge in [-0.25, -0.2) is 0 Å². The minimum Gasteiger partial charge on any atom is -0.406 e. The van der Waals surface area contributed by atoms with Crippen molar-refractivity contribution in [2.75, 3.05) is 6.54 Å². The van der Waals surface area contributed by atoms with Crippen molar-refractivity contribution in [1.29, 1.82) is 0 Å². The maximum absolute atomic E-state index is 12.9. The zero-order valence-corrected chi connectivity index (χ0v) is 12.2. The monoisotopic (exact) mass is 349 g/mol. The van der Waals surface area contributed by atoms with Crippen molar-refractivity contribution < 1.29 is 31.1 Å². The summed E-state index contributed by atoms with van der Waals surface area (Å²) in [6, 6.07) is 7.92. The van der Waals surface area contributed by atoms with Crippen molar-refractivity contribution in [2.24, 2.45) is 5.73 Å². The number of hydrogen-bond acceptors (Lipinski definition) is 2. The summed E-state index contributed by atoms with van der Waals surface area (Å²) >= 11 is 0. The fourth-order valence-electron chi connectivity index (χ4n) is 2.26. The second kappa shape index (κ2) is 6.72. The minimum atomic E-state index is -4.88.